The molecule has 106 valence electrons. The van der Waals surface area contributed by atoms with Crippen LogP contribution in [0.4, 0.5) is 5.69 Å². The number of carbonyl (C=O) groups is 1. The molecule has 0 aliphatic heterocycles. The molecule has 0 spiro atoms. The Kier molecular flexibility index (Phi) is 4.57. The van der Waals surface area contributed by atoms with Gasteiger partial charge in [0.1, 0.15) is 11.8 Å². The van der Waals surface area contributed by atoms with Gasteiger partial charge in [-0.05, 0) is 37.6 Å². The molecule has 21 heavy (non-hydrogen) atoms. The van der Waals surface area contributed by atoms with Crippen LogP contribution in [-0.4, -0.2) is 12.5 Å². The van der Waals surface area contributed by atoms with Gasteiger partial charge < -0.3 is 10.1 Å². The number of nitrogens with one attached hydrogen (secondary N) is 1. The van der Waals surface area contributed by atoms with Crippen molar-refractivity contribution in [2.24, 2.45) is 0 Å². The second kappa shape index (κ2) is 6.58. The molecule has 0 radical (unpaired) electrons. The Morgan fingerprint density at radius 3 is 2.76 bits per heavy atom. The number of ether oxygens (including phenoxy) is 1. The van der Waals surface area contributed by atoms with Crippen molar-refractivity contribution in [3.8, 4) is 11.8 Å². The first-order valence-electron chi connectivity index (χ1n) is 6.59. The SMILES string of the molecule is Cc1ccc(C)c(C(=O)Nc2ccccc2OCC#N)c1. The summed E-state index contributed by atoms with van der Waals surface area (Å²) in [6.07, 6.45) is 0. The molecule has 0 aromatic heterocycles. The van der Waals surface area contributed by atoms with Crippen molar-refractivity contribution in [1.29, 1.82) is 5.26 Å². The molecule has 0 saturated heterocycles. The Labute approximate surface area is 124 Å². The van der Waals surface area contributed by atoms with E-state index in [0.717, 1.165) is 11.1 Å². The first-order chi connectivity index (χ1) is 10.1. The van der Waals surface area contributed by atoms with Crippen molar-refractivity contribution in [2.45, 2.75) is 13.8 Å². The number of para-hydroxylation sites is 2. The number of amides is 1. The van der Waals surface area contributed by atoms with Crippen LogP contribution in [0.1, 0.15) is 21.5 Å². The highest BCUT2D eigenvalue weighted by molar-refractivity contribution is 6.06. The zero-order chi connectivity index (χ0) is 15.2. The molecule has 0 bridgehead atoms. The minimum absolute atomic E-state index is 0.0592. The number of nitriles is 1. The van der Waals surface area contributed by atoms with Crippen LogP contribution in [0.2, 0.25) is 0 Å². The van der Waals surface area contributed by atoms with E-state index in [9.17, 15) is 4.79 Å². The summed E-state index contributed by atoms with van der Waals surface area (Å²) < 4.78 is 5.30. The Morgan fingerprint density at radius 1 is 1.24 bits per heavy atom. The van der Waals surface area contributed by atoms with E-state index in [2.05, 4.69) is 5.32 Å². The fourth-order valence-electron chi connectivity index (χ4n) is 1.98. The van der Waals surface area contributed by atoms with Crippen molar-refractivity contribution >= 4 is 11.6 Å². The maximum Gasteiger partial charge on any atom is 0.256 e. The van der Waals surface area contributed by atoms with E-state index in [1.165, 1.54) is 0 Å². The Balaban J connectivity index is 2.24. The lowest BCUT2D eigenvalue weighted by Crippen LogP contribution is -2.14. The third-order valence-corrected chi connectivity index (χ3v) is 3.07. The molecule has 2 aromatic carbocycles. The zero-order valence-corrected chi connectivity index (χ0v) is 12.0. The van der Waals surface area contributed by atoms with E-state index in [0.29, 0.717) is 17.0 Å². The summed E-state index contributed by atoms with van der Waals surface area (Å²) in [4.78, 5) is 12.4. The maximum atomic E-state index is 12.4. The molecule has 0 atom stereocenters. The van der Waals surface area contributed by atoms with Gasteiger partial charge in [0.05, 0.1) is 5.69 Å². The number of hydrogen-bond donors (Lipinski definition) is 1. The Hall–Kier alpha value is -2.80. The van der Waals surface area contributed by atoms with Gasteiger partial charge in [0, 0.05) is 5.56 Å². The van der Waals surface area contributed by atoms with E-state index in [4.69, 9.17) is 10.00 Å². The number of nitrogens with zero attached hydrogens (tertiary/aromatic N) is 1. The minimum atomic E-state index is -0.191. The monoisotopic (exact) mass is 280 g/mol. The standard InChI is InChI=1S/C17H16N2O2/c1-12-7-8-13(2)14(11-12)17(20)19-15-5-3-4-6-16(15)21-10-9-18/h3-8,11H,10H2,1-2H3,(H,19,20). The molecule has 0 unspecified atom stereocenters. The van der Waals surface area contributed by atoms with Gasteiger partial charge >= 0.3 is 0 Å². The van der Waals surface area contributed by atoms with Crippen molar-refractivity contribution in [1.82, 2.24) is 0 Å². The van der Waals surface area contributed by atoms with E-state index < -0.39 is 0 Å². The summed E-state index contributed by atoms with van der Waals surface area (Å²) in [6.45, 7) is 3.78. The summed E-state index contributed by atoms with van der Waals surface area (Å²) in [5, 5.41) is 11.4. The van der Waals surface area contributed by atoms with Crippen LogP contribution in [0.15, 0.2) is 42.5 Å². The van der Waals surface area contributed by atoms with E-state index >= 15 is 0 Å². The number of benzene rings is 2. The molecule has 2 aromatic rings. The van der Waals surface area contributed by atoms with Gasteiger partial charge in [-0.1, -0.05) is 29.8 Å². The summed E-state index contributed by atoms with van der Waals surface area (Å²) in [5.41, 5.74) is 3.12. The molecule has 0 fully saturated rings. The quantitative estimate of drug-likeness (QED) is 0.932. The molecular formula is C17H16N2O2. The molecule has 1 amide bonds. The summed E-state index contributed by atoms with van der Waals surface area (Å²) in [5.74, 6) is 0.293. The number of aryl methyl sites for hydroxylation is 2. The molecule has 0 aliphatic rings. The number of carbonyl (C=O) groups excluding carboxylic acids is 1. The van der Waals surface area contributed by atoms with Crippen LogP contribution >= 0.6 is 0 Å². The topological polar surface area (TPSA) is 62.1 Å². The highest BCUT2D eigenvalue weighted by atomic mass is 16.5. The first-order valence-corrected chi connectivity index (χ1v) is 6.59. The van der Waals surface area contributed by atoms with Crippen LogP contribution in [0, 0.1) is 25.2 Å². The Morgan fingerprint density at radius 2 is 2.00 bits per heavy atom. The first kappa shape index (κ1) is 14.6. The number of hydrogen-bond acceptors (Lipinski definition) is 3. The van der Waals surface area contributed by atoms with Gasteiger partial charge in [0.2, 0.25) is 0 Å². The summed E-state index contributed by atoms with van der Waals surface area (Å²) in [7, 11) is 0. The fourth-order valence-corrected chi connectivity index (χ4v) is 1.98. The smallest absolute Gasteiger partial charge is 0.256 e. The molecule has 2 rings (SSSR count). The molecule has 0 saturated carbocycles. The molecule has 0 aliphatic carbocycles. The van der Waals surface area contributed by atoms with Gasteiger partial charge in [0.15, 0.2) is 6.61 Å². The highest BCUT2D eigenvalue weighted by Crippen LogP contribution is 2.24. The van der Waals surface area contributed by atoms with Crippen molar-refractivity contribution in [3.63, 3.8) is 0 Å². The second-order valence-corrected chi connectivity index (χ2v) is 4.72. The van der Waals surface area contributed by atoms with Crippen LogP contribution in [0.5, 0.6) is 5.75 Å². The van der Waals surface area contributed by atoms with Crippen LogP contribution in [-0.2, 0) is 0 Å². The van der Waals surface area contributed by atoms with E-state index in [1.54, 1.807) is 24.3 Å². The van der Waals surface area contributed by atoms with Crippen molar-refractivity contribution < 1.29 is 9.53 Å². The van der Waals surface area contributed by atoms with Gasteiger partial charge in [-0.3, -0.25) is 4.79 Å². The molecule has 0 heterocycles. The van der Waals surface area contributed by atoms with E-state index in [-0.39, 0.29) is 12.5 Å². The van der Waals surface area contributed by atoms with Gasteiger partial charge in [-0.15, -0.1) is 0 Å². The lowest BCUT2D eigenvalue weighted by atomic mass is 10.0. The van der Waals surface area contributed by atoms with Crippen LogP contribution in [0.3, 0.4) is 0 Å². The average Bonchev–Trinajstić information content (AvgIpc) is 2.48. The summed E-state index contributed by atoms with van der Waals surface area (Å²) >= 11 is 0. The summed E-state index contributed by atoms with van der Waals surface area (Å²) in [6, 6.07) is 14.7. The predicted octanol–water partition coefficient (Wildman–Crippen LogP) is 3.46. The maximum absolute atomic E-state index is 12.4. The third-order valence-electron chi connectivity index (χ3n) is 3.07. The van der Waals surface area contributed by atoms with Crippen molar-refractivity contribution in [3.05, 3.63) is 59.2 Å². The predicted molar refractivity (Wildman–Crippen MR) is 81.4 cm³/mol. The van der Waals surface area contributed by atoms with Crippen molar-refractivity contribution in [2.75, 3.05) is 11.9 Å². The minimum Gasteiger partial charge on any atom is -0.477 e. The number of anilines is 1. The zero-order valence-electron chi connectivity index (χ0n) is 12.0. The van der Waals surface area contributed by atoms with Crippen LogP contribution in [0.25, 0.3) is 0 Å². The molecule has 4 nitrogen and oxygen atoms in total. The third kappa shape index (κ3) is 3.61. The second-order valence-electron chi connectivity index (χ2n) is 4.72. The van der Waals surface area contributed by atoms with Gasteiger partial charge in [-0.25, -0.2) is 0 Å². The average molecular weight is 280 g/mol. The molecule has 1 N–H and O–H groups in total. The van der Waals surface area contributed by atoms with Gasteiger partial charge in [0.25, 0.3) is 5.91 Å². The molecular weight excluding hydrogens is 264 g/mol. The van der Waals surface area contributed by atoms with Crippen LogP contribution < -0.4 is 10.1 Å². The normalized spacial score (nSPS) is 9.76. The lowest BCUT2D eigenvalue weighted by Gasteiger charge is -2.12. The largest absolute Gasteiger partial charge is 0.477 e. The van der Waals surface area contributed by atoms with E-state index in [1.807, 2.05) is 38.1 Å². The highest BCUT2D eigenvalue weighted by Gasteiger charge is 2.12. The molecule has 4 heteroatoms. The number of rotatable bonds is 4. The fraction of sp³-hybridized carbons (Fsp3) is 0.176. The lowest BCUT2D eigenvalue weighted by molar-refractivity contribution is 0.102. The van der Waals surface area contributed by atoms with Gasteiger partial charge in [-0.2, -0.15) is 5.26 Å². The Bertz CT molecular complexity index is 702.